The number of nitrogens with one attached hydrogen (secondary N) is 1. The Balaban J connectivity index is 2.00. The van der Waals surface area contributed by atoms with Crippen LogP contribution in [-0.2, 0) is 0 Å². The molecule has 2 aliphatic rings. The lowest BCUT2D eigenvalue weighted by atomic mass is 9.79. The van der Waals surface area contributed by atoms with E-state index in [-0.39, 0.29) is 0 Å². The van der Waals surface area contributed by atoms with Gasteiger partial charge in [-0.1, -0.05) is 45.4 Å². The van der Waals surface area contributed by atoms with Crippen molar-refractivity contribution in [3.8, 4) is 0 Å². The Hall–Kier alpha value is -0.0800. The van der Waals surface area contributed by atoms with Gasteiger partial charge in [0.25, 0.3) is 0 Å². The Morgan fingerprint density at radius 3 is 2.16 bits per heavy atom. The van der Waals surface area contributed by atoms with Gasteiger partial charge in [-0.15, -0.1) is 0 Å². The van der Waals surface area contributed by atoms with E-state index < -0.39 is 0 Å². The average Bonchev–Trinajstić information content (AvgIpc) is 2.85. The minimum atomic E-state index is 0.559. The maximum atomic E-state index is 3.50. The molecule has 0 aromatic heterocycles. The lowest BCUT2D eigenvalue weighted by Gasteiger charge is -2.40. The Bertz CT molecular complexity index is 238. The van der Waals surface area contributed by atoms with E-state index in [1.165, 1.54) is 83.8 Å². The molecule has 0 bridgehead atoms. The molecule has 0 aromatic rings. The van der Waals surface area contributed by atoms with Crippen molar-refractivity contribution in [2.24, 2.45) is 5.41 Å². The third kappa shape index (κ3) is 4.19. The van der Waals surface area contributed by atoms with Crippen molar-refractivity contribution in [2.75, 3.05) is 26.7 Å². The maximum absolute atomic E-state index is 3.50. The molecule has 2 nitrogen and oxygen atoms in total. The van der Waals surface area contributed by atoms with E-state index in [2.05, 4.69) is 24.2 Å². The van der Waals surface area contributed by atoms with Crippen molar-refractivity contribution in [2.45, 2.75) is 77.2 Å². The summed E-state index contributed by atoms with van der Waals surface area (Å²) in [5, 5.41) is 3.50. The largest absolute Gasteiger partial charge is 0.319 e. The molecular formula is C17H34N2. The molecule has 2 fully saturated rings. The van der Waals surface area contributed by atoms with Crippen LogP contribution in [0.25, 0.3) is 0 Å². The van der Waals surface area contributed by atoms with Gasteiger partial charge in [0.1, 0.15) is 0 Å². The number of nitrogens with zero attached hydrogens (tertiary/aromatic N) is 1. The molecule has 0 heterocycles. The minimum Gasteiger partial charge on any atom is -0.319 e. The topological polar surface area (TPSA) is 15.3 Å². The Morgan fingerprint density at radius 2 is 1.63 bits per heavy atom. The highest BCUT2D eigenvalue weighted by molar-refractivity contribution is 4.89. The zero-order chi connectivity index (χ0) is 13.6. The van der Waals surface area contributed by atoms with Crippen molar-refractivity contribution in [3.63, 3.8) is 0 Å². The lowest BCUT2D eigenvalue weighted by Crippen LogP contribution is -2.46. The predicted octanol–water partition coefficient (Wildman–Crippen LogP) is 3.81. The summed E-state index contributed by atoms with van der Waals surface area (Å²) in [6.07, 6.45) is 14.5. The van der Waals surface area contributed by atoms with Gasteiger partial charge in [0.05, 0.1) is 0 Å². The molecule has 2 aliphatic carbocycles. The van der Waals surface area contributed by atoms with Gasteiger partial charge in [0, 0.05) is 19.1 Å². The van der Waals surface area contributed by atoms with Gasteiger partial charge in [-0.2, -0.15) is 0 Å². The van der Waals surface area contributed by atoms with Crippen LogP contribution < -0.4 is 5.32 Å². The van der Waals surface area contributed by atoms with E-state index in [1.54, 1.807) is 0 Å². The number of hydrogen-bond donors (Lipinski definition) is 1. The van der Waals surface area contributed by atoms with Crippen molar-refractivity contribution < 1.29 is 0 Å². The zero-order valence-corrected chi connectivity index (χ0v) is 13.2. The number of rotatable bonds is 6. The maximum Gasteiger partial charge on any atom is 0.00953 e. The molecule has 0 radical (unpaired) electrons. The first kappa shape index (κ1) is 15.3. The van der Waals surface area contributed by atoms with Crippen LogP contribution >= 0.6 is 0 Å². The van der Waals surface area contributed by atoms with Gasteiger partial charge in [0.15, 0.2) is 0 Å². The van der Waals surface area contributed by atoms with Gasteiger partial charge >= 0.3 is 0 Å². The van der Waals surface area contributed by atoms with E-state index in [0.29, 0.717) is 5.41 Å². The summed E-state index contributed by atoms with van der Waals surface area (Å²) in [5.41, 5.74) is 0.559. The Kier molecular flexibility index (Phi) is 6.15. The van der Waals surface area contributed by atoms with Crippen LogP contribution in [0.15, 0.2) is 0 Å². The zero-order valence-electron chi connectivity index (χ0n) is 13.2. The molecule has 1 N–H and O–H groups in total. The third-order valence-corrected chi connectivity index (χ3v) is 5.50. The Morgan fingerprint density at radius 1 is 1.00 bits per heavy atom. The molecule has 0 spiro atoms. The molecule has 2 saturated carbocycles. The average molecular weight is 266 g/mol. The lowest BCUT2D eigenvalue weighted by molar-refractivity contribution is 0.0996. The van der Waals surface area contributed by atoms with Crippen molar-refractivity contribution in [1.82, 2.24) is 10.2 Å². The molecule has 0 amide bonds. The molecule has 0 aliphatic heterocycles. The second kappa shape index (κ2) is 7.64. The predicted molar refractivity (Wildman–Crippen MR) is 83.6 cm³/mol. The van der Waals surface area contributed by atoms with Crippen LogP contribution in [0.3, 0.4) is 0 Å². The summed E-state index contributed by atoms with van der Waals surface area (Å²) < 4.78 is 0. The second-order valence-corrected chi connectivity index (χ2v) is 6.95. The second-order valence-electron chi connectivity index (χ2n) is 6.95. The monoisotopic (exact) mass is 266 g/mol. The van der Waals surface area contributed by atoms with Crippen LogP contribution in [0.5, 0.6) is 0 Å². The van der Waals surface area contributed by atoms with Gasteiger partial charge in [0.2, 0.25) is 0 Å². The molecule has 0 unspecified atom stereocenters. The standard InChI is InChI=1S/C17H34N2/c1-3-19(16-10-6-7-11-16)15-17(14-18-2)12-8-4-5-9-13-17/h16,18H,3-15H2,1-2H3. The van der Waals surface area contributed by atoms with Crippen molar-refractivity contribution >= 4 is 0 Å². The van der Waals surface area contributed by atoms with E-state index in [4.69, 9.17) is 0 Å². The fourth-order valence-electron chi connectivity index (χ4n) is 4.44. The van der Waals surface area contributed by atoms with Crippen LogP contribution in [0.1, 0.15) is 71.1 Å². The molecule has 112 valence electrons. The fourth-order valence-corrected chi connectivity index (χ4v) is 4.44. The smallest absolute Gasteiger partial charge is 0.00953 e. The van der Waals surface area contributed by atoms with Gasteiger partial charge < -0.3 is 10.2 Å². The molecule has 0 aromatic carbocycles. The van der Waals surface area contributed by atoms with E-state index in [1.807, 2.05) is 0 Å². The SMILES string of the molecule is CCN(CC1(CNC)CCCCCC1)C1CCCC1. The summed E-state index contributed by atoms with van der Waals surface area (Å²) >= 11 is 0. The van der Waals surface area contributed by atoms with E-state index in [9.17, 15) is 0 Å². The first-order valence-electron chi connectivity index (χ1n) is 8.68. The first-order valence-corrected chi connectivity index (χ1v) is 8.68. The minimum absolute atomic E-state index is 0.559. The van der Waals surface area contributed by atoms with Crippen LogP contribution in [0, 0.1) is 5.41 Å². The van der Waals surface area contributed by atoms with Crippen molar-refractivity contribution in [3.05, 3.63) is 0 Å². The molecule has 0 saturated heterocycles. The van der Waals surface area contributed by atoms with Crippen LogP contribution in [0.4, 0.5) is 0 Å². The molecule has 0 atom stereocenters. The third-order valence-electron chi connectivity index (χ3n) is 5.50. The first-order chi connectivity index (χ1) is 9.29. The summed E-state index contributed by atoms with van der Waals surface area (Å²) in [6.45, 7) is 6.17. The highest BCUT2D eigenvalue weighted by Crippen LogP contribution is 2.37. The summed E-state index contributed by atoms with van der Waals surface area (Å²) in [7, 11) is 2.14. The normalized spacial score (nSPS) is 24.8. The molecular weight excluding hydrogens is 232 g/mol. The molecule has 2 rings (SSSR count). The number of hydrogen-bond acceptors (Lipinski definition) is 2. The molecule has 2 heteroatoms. The quantitative estimate of drug-likeness (QED) is 0.735. The van der Waals surface area contributed by atoms with Crippen LogP contribution in [0.2, 0.25) is 0 Å². The van der Waals surface area contributed by atoms with Gasteiger partial charge in [-0.25, -0.2) is 0 Å². The van der Waals surface area contributed by atoms with Gasteiger partial charge in [-0.05, 0) is 44.7 Å². The van der Waals surface area contributed by atoms with E-state index >= 15 is 0 Å². The fraction of sp³-hybridized carbons (Fsp3) is 1.00. The Labute approximate surface area is 120 Å². The van der Waals surface area contributed by atoms with Crippen LogP contribution in [-0.4, -0.2) is 37.6 Å². The molecule has 19 heavy (non-hydrogen) atoms. The van der Waals surface area contributed by atoms with Gasteiger partial charge in [-0.3, -0.25) is 0 Å². The van der Waals surface area contributed by atoms with Crippen molar-refractivity contribution in [1.29, 1.82) is 0 Å². The summed E-state index contributed by atoms with van der Waals surface area (Å²) in [5.74, 6) is 0. The highest BCUT2D eigenvalue weighted by atomic mass is 15.2. The van der Waals surface area contributed by atoms with E-state index in [0.717, 1.165) is 6.04 Å². The highest BCUT2D eigenvalue weighted by Gasteiger charge is 2.34. The summed E-state index contributed by atoms with van der Waals surface area (Å²) in [6, 6.07) is 0.891. The summed E-state index contributed by atoms with van der Waals surface area (Å²) in [4.78, 5) is 2.82.